The predicted octanol–water partition coefficient (Wildman–Crippen LogP) is 2.44. The second-order valence-electron chi connectivity index (χ2n) is 4.39. The zero-order valence-corrected chi connectivity index (χ0v) is 10.7. The molecule has 0 radical (unpaired) electrons. The van der Waals surface area contributed by atoms with E-state index in [1.54, 1.807) is 12.1 Å². The van der Waals surface area contributed by atoms with Crippen LogP contribution < -0.4 is 0 Å². The number of carbonyl (C=O) groups is 1. The van der Waals surface area contributed by atoms with E-state index in [0.717, 1.165) is 5.56 Å². The van der Waals surface area contributed by atoms with Crippen molar-refractivity contribution < 1.29 is 9.90 Å². The van der Waals surface area contributed by atoms with E-state index in [1.807, 2.05) is 36.9 Å². The van der Waals surface area contributed by atoms with Crippen LogP contribution in [0.3, 0.4) is 0 Å². The number of carboxylic acids is 1. The molecule has 4 heteroatoms. The first kappa shape index (κ1) is 14.2. The molecule has 0 spiro atoms. The standard InChI is InChI=1S/C14H18N2O2/c1-11(2)16(10-6-9-15)13(14(17)18)12-7-4-3-5-8-12/h3-5,7-8,11,13H,6,10H2,1-2H3,(H,17,18). The molecule has 96 valence electrons. The highest BCUT2D eigenvalue weighted by atomic mass is 16.4. The van der Waals surface area contributed by atoms with Gasteiger partial charge in [-0.05, 0) is 19.4 Å². The van der Waals surface area contributed by atoms with Crippen molar-refractivity contribution >= 4 is 5.97 Å². The highest BCUT2D eigenvalue weighted by Crippen LogP contribution is 2.23. The summed E-state index contributed by atoms with van der Waals surface area (Å²) < 4.78 is 0. The highest BCUT2D eigenvalue weighted by molar-refractivity contribution is 5.75. The Labute approximate surface area is 107 Å². The van der Waals surface area contributed by atoms with Gasteiger partial charge in [-0.1, -0.05) is 30.3 Å². The van der Waals surface area contributed by atoms with Gasteiger partial charge in [0.1, 0.15) is 6.04 Å². The Hall–Kier alpha value is -1.86. The van der Waals surface area contributed by atoms with E-state index >= 15 is 0 Å². The predicted molar refractivity (Wildman–Crippen MR) is 68.9 cm³/mol. The number of carboxylic acid groups (broad SMARTS) is 1. The van der Waals surface area contributed by atoms with Gasteiger partial charge in [0.25, 0.3) is 0 Å². The Morgan fingerprint density at radius 1 is 1.39 bits per heavy atom. The molecular weight excluding hydrogens is 228 g/mol. The lowest BCUT2D eigenvalue weighted by Gasteiger charge is -2.31. The second kappa shape index (κ2) is 6.77. The van der Waals surface area contributed by atoms with Crippen LogP contribution >= 0.6 is 0 Å². The van der Waals surface area contributed by atoms with Gasteiger partial charge in [-0.2, -0.15) is 5.26 Å². The Morgan fingerprint density at radius 3 is 2.44 bits per heavy atom. The van der Waals surface area contributed by atoms with Crippen LogP contribution in [0.4, 0.5) is 0 Å². The summed E-state index contributed by atoms with van der Waals surface area (Å²) in [5, 5.41) is 18.1. The summed E-state index contributed by atoms with van der Waals surface area (Å²) in [5.41, 5.74) is 0.747. The summed E-state index contributed by atoms with van der Waals surface area (Å²) in [6, 6.07) is 10.6. The van der Waals surface area contributed by atoms with E-state index in [0.29, 0.717) is 13.0 Å². The Morgan fingerprint density at radius 2 is 2.00 bits per heavy atom. The van der Waals surface area contributed by atoms with Gasteiger partial charge in [0.05, 0.1) is 6.07 Å². The molecule has 0 saturated carbocycles. The zero-order chi connectivity index (χ0) is 13.5. The van der Waals surface area contributed by atoms with Crippen LogP contribution in [0.15, 0.2) is 30.3 Å². The van der Waals surface area contributed by atoms with Crippen molar-refractivity contribution in [1.29, 1.82) is 5.26 Å². The fourth-order valence-corrected chi connectivity index (χ4v) is 1.98. The molecule has 0 aliphatic carbocycles. The average Bonchev–Trinajstić information content (AvgIpc) is 2.34. The minimum atomic E-state index is -0.882. The summed E-state index contributed by atoms with van der Waals surface area (Å²) in [5.74, 6) is -0.882. The lowest BCUT2D eigenvalue weighted by atomic mass is 10.0. The first-order chi connectivity index (χ1) is 8.57. The maximum Gasteiger partial charge on any atom is 0.325 e. The van der Waals surface area contributed by atoms with Gasteiger partial charge in [0.2, 0.25) is 0 Å². The summed E-state index contributed by atoms with van der Waals surface area (Å²) >= 11 is 0. The minimum absolute atomic E-state index is 0.0691. The molecule has 1 aromatic rings. The minimum Gasteiger partial charge on any atom is -0.480 e. The van der Waals surface area contributed by atoms with Crippen LogP contribution in [0.2, 0.25) is 0 Å². The molecule has 1 atom stereocenters. The summed E-state index contributed by atoms with van der Waals surface area (Å²) in [6.45, 7) is 4.34. The van der Waals surface area contributed by atoms with Crippen molar-refractivity contribution in [1.82, 2.24) is 4.90 Å². The third-order valence-electron chi connectivity index (χ3n) is 2.83. The highest BCUT2D eigenvalue weighted by Gasteiger charge is 2.28. The smallest absolute Gasteiger partial charge is 0.325 e. The van der Waals surface area contributed by atoms with Crippen LogP contribution in [0, 0.1) is 11.3 Å². The molecule has 0 fully saturated rings. The van der Waals surface area contributed by atoms with E-state index in [9.17, 15) is 9.90 Å². The van der Waals surface area contributed by atoms with E-state index in [1.165, 1.54) is 0 Å². The number of nitriles is 1. The van der Waals surface area contributed by atoms with E-state index in [-0.39, 0.29) is 6.04 Å². The molecule has 18 heavy (non-hydrogen) atoms. The molecule has 0 saturated heterocycles. The number of aliphatic carboxylic acids is 1. The van der Waals surface area contributed by atoms with E-state index in [4.69, 9.17) is 5.26 Å². The lowest BCUT2D eigenvalue weighted by Crippen LogP contribution is -2.39. The van der Waals surface area contributed by atoms with Crippen LogP contribution in [0.1, 0.15) is 31.9 Å². The molecule has 1 rings (SSSR count). The molecule has 0 aromatic heterocycles. The van der Waals surface area contributed by atoms with Gasteiger partial charge in [0, 0.05) is 19.0 Å². The molecule has 1 N–H and O–H groups in total. The quantitative estimate of drug-likeness (QED) is 0.837. The number of hydrogen-bond donors (Lipinski definition) is 1. The molecule has 1 unspecified atom stereocenters. The van der Waals surface area contributed by atoms with Crippen molar-refractivity contribution in [2.75, 3.05) is 6.54 Å². The molecule has 0 aliphatic heterocycles. The number of rotatable bonds is 6. The molecule has 0 bridgehead atoms. The first-order valence-corrected chi connectivity index (χ1v) is 5.98. The SMILES string of the molecule is CC(C)N(CCC#N)C(C(=O)O)c1ccccc1. The number of benzene rings is 1. The normalized spacial score (nSPS) is 12.4. The zero-order valence-electron chi connectivity index (χ0n) is 10.7. The van der Waals surface area contributed by atoms with Crippen molar-refractivity contribution in [2.45, 2.75) is 32.4 Å². The monoisotopic (exact) mass is 246 g/mol. The summed E-state index contributed by atoms with van der Waals surface area (Å²) in [7, 11) is 0. The Balaban J connectivity index is 3.02. The van der Waals surface area contributed by atoms with E-state index < -0.39 is 12.0 Å². The fraction of sp³-hybridized carbons (Fsp3) is 0.429. The van der Waals surface area contributed by atoms with Crippen LogP contribution in [0.25, 0.3) is 0 Å². The van der Waals surface area contributed by atoms with Crippen molar-refractivity contribution in [2.24, 2.45) is 0 Å². The summed E-state index contributed by atoms with van der Waals surface area (Å²) in [6.07, 6.45) is 0.328. The Bertz CT molecular complexity index is 423. The van der Waals surface area contributed by atoms with Crippen molar-refractivity contribution in [3.8, 4) is 6.07 Å². The van der Waals surface area contributed by atoms with Crippen molar-refractivity contribution in [3.05, 3.63) is 35.9 Å². The molecule has 4 nitrogen and oxygen atoms in total. The molecular formula is C14H18N2O2. The van der Waals surface area contributed by atoms with Gasteiger partial charge in [-0.3, -0.25) is 9.69 Å². The van der Waals surface area contributed by atoms with Gasteiger partial charge >= 0.3 is 5.97 Å². The van der Waals surface area contributed by atoms with Gasteiger partial charge in [-0.25, -0.2) is 0 Å². The van der Waals surface area contributed by atoms with Crippen LogP contribution in [-0.4, -0.2) is 28.6 Å². The summed E-state index contributed by atoms with van der Waals surface area (Å²) in [4.78, 5) is 13.3. The largest absolute Gasteiger partial charge is 0.480 e. The second-order valence-corrected chi connectivity index (χ2v) is 4.39. The molecule has 0 heterocycles. The van der Waals surface area contributed by atoms with Gasteiger partial charge < -0.3 is 5.11 Å². The van der Waals surface area contributed by atoms with Crippen molar-refractivity contribution in [3.63, 3.8) is 0 Å². The van der Waals surface area contributed by atoms with Crippen LogP contribution in [-0.2, 0) is 4.79 Å². The van der Waals surface area contributed by atoms with E-state index in [2.05, 4.69) is 6.07 Å². The molecule has 0 aliphatic rings. The maximum absolute atomic E-state index is 11.5. The maximum atomic E-state index is 11.5. The lowest BCUT2D eigenvalue weighted by molar-refractivity contribution is -0.144. The van der Waals surface area contributed by atoms with Gasteiger partial charge in [0.15, 0.2) is 0 Å². The topological polar surface area (TPSA) is 64.3 Å². The number of hydrogen-bond acceptors (Lipinski definition) is 3. The third kappa shape index (κ3) is 3.57. The number of nitrogens with zero attached hydrogens (tertiary/aromatic N) is 2. The first-order valence-electron chi connectivity index (χ1n) is 5.98. The average molecular weight is 246 g/mol. The van der Waals surface area contributed by atoms with Gasteiger partial charge in [-0.15, -0.1) is 0 Å². The molecule has 1 aromatic carbocycles. The third-order valence-corrected chi connectivity index (χ3v) is 2.83. The fourth-order valence-electron chi connectivity index (χ4n) is 1.98. The Kier molecular flexibility index (Phi) is 5.34. The molecule has 0 amide bonds. The van der Waals surface area contributed by atoms with Crippen LogP contribution in [0.5, 0.6) is 0 Å².